The van der Waals surface area contributed by atoms with Crippen molar-refractivity contribution in [3.05, 3.63) is 23.9 Å². The van der Waals surface area contributed by atoms with Crippen LogP contribution in [0.15, 0.2) is 18.3 Å². The van der Waals surface area contributed by atoms with Crippen molar-refractivity contribution in [1.82, 2.24) is 10.3 Å². The summed E-state index contributed by atoms with van der Waals surface area (Å²) in [6, 6.07) is 4.92. The van der Waals surface area contributed by atoms with Gasteiger partial charge in [-0.3, -0.25) is 0 Å². The van der Waals surface area contributed by atoms with Gasteiger partial charge in [0.1, 0.15) is 5.82 Å². The van der Waals surface area contributed by atoms with Crippen molar-refractivity contribution >= 4 is 5.82 Å². The molecule has 2 aliphatic rings. The SMILES string of the molecule is c1cnc2c(c1)CCN2CC1CCCCN1. The van der Waals surface area contributed by atoms with E-state index < -0.39 is 0 Å². The number of fused-ring (bicyclic) bond motifs is 1. The fraction of sp³-hybridized carbons (Fsp3) is 0.615. The largest absolute Gasteiger partial charge is 0.354 e. The topological polar surface area (TPSA) is 28.2 Å². The summed E-state index contributed by atoms with van der Waals surface area (Å²) < 4.78 is 0. The van der Waals surface area contributed by atoms with Gasteiger partial charge in [0.15, 0.2) is 0 Å². The van der Waals surface area contributed by atoms with Crippen LogP contribution in [-0.4, -0.2) is 30.7 Å². The van der Waals surface area contributed by atoms with Gasteiger partial charge < -0.3 is 10.2 Å². The second kappa shape index (κ2) is 4.42. The van der Waals surface area contributed by atoms with E-state index in [0.717, 1.165) is 19.5 Å². The molecule has 1 aromatic heterocycles. The fourth-order valence-corrected chi connectivity index (χ4v) is 2.80. The molecule has 86 valence electrons. The Labute approximate surface area is 96.9 Å². The van der Waals surface area contributed by atoms with Gasteiger partial charge in [0, 0.05) is 25.3 Å². The Kier molecular flexibility index (Phi) is 2.79. The van der Waals surface area contributed by atoms with Crippen LogP contribution >= 0.6 is 0 Å². The van der Waals surface area contributed by atoms with E-state index in [4.69, 9.17) is 0 Å². The highest BCUT2D eigenvalue weighted by molar-refractivity contribution is 5.51. The van der Waals surface area contributed by atoms with Gasteiger partial charge in [0.05, 0.1) is 0 Å². The first-order valence-electron chi connectivity index (χ1n) is 6.36. The lowest BCUT2D eigenvalue weighted by Crippen LogP contribution is -2.43. The minimum absolute atomic E-state index is 0.668. The first-order valence-corrected chi connectivity index (χ1v) is 6.36. The third-order valence-corrected chi connectivity index (χ3v) is 3.67. The second-order valence-electron chi connectivity index (χ2n) is 4.83. The molecule has 0 radical (unpaired) electrons. The van der Waals surface area contributed by atoms with Gasteiger partial charge in [-0.25, -0.2) is 4.98 Å². The summed E-state index contributed by atoms with van der Waals surface area (Å²) in [6.45, 7) is 3.46. The highest BCUT2D eigenvalue weighted by atomic mass is 15.2. The maximum absolute atomic E-state index is 4.50. The van der Waals surface area contributed by atoms with Crippen LogP contribution in [0.4, 0.5) is 5.82 Å². The van der Waals surface area contributed by atoms with E-state index in [1.54, 1.807) is 0 Å². The highest BCUT2D eigenvalue weighted by Crippen LogP contribution is 2.25. The van der Waals surface area contributed by atoms with Crippen molar-refractivity contribution in [3.8, 4) is 0 Å². The summed E-state index contributed by atoms with van der Waals surface area (Å²) in [4.78, 5) is 6.95. The van der Waals surface area contributed by atoms with E-state index in [0.29, 0.717) is 6.04 Å². The summed E-state index contributed by atoms with van der Waals surface area (Å²) >= 11 is 0. The Morgan fingerprint density at radius 1 is 1.44 bits per heavy atom. The summed E-state index contributed by atoms with van der Waals surface area (Å²) in [5, 5.41) is 3.61. The van der Waals surface area contributed by atoms with Crippen LogP contribution in [0.3, 0.4) is 0 Å². The van der Waals surface area contributed by atoms with Gasteiger partial charge in [0.2, 0.25) is 0 Å². The standard InChI is InChI=1S/C13H19N3/c1-2-7-14-12(5-1)10-16-9-6-11-4-3-8-15-13(11)16/h3-4,8,12,14H,1-2,5-7,9-10H2. The van der Waals surface area contributed by atoms with Gasteiger partial charge in [-0.2, -0.15) is 0 Å². The number of nitrogens with zero attached hydrogens (tertiary/aromatic N) is 2. The molecular weight excluding hydrogens is 198 g/mol. The van der Waals surface area contributed by atoms with Gasteiger partial charge in [-0.1, -0.05) is 12.5 Å². The van der Waals surface area contributed by atoms with Crippen LogP contribution in [-0.2, 0) is 6.42 Å². The van der Waals surface area contributed by atoms with Crippen molar-refractivity contribution in [2.45, 2.75) is 31.7 Å². The molecule has 0 saturated carbocycles. The van der Waals surface area contributed by atoms with Crippen molar-refractivity contribution in [3.63, 3.8) is 0 Å². The number of pyridine rings is 1. The second-order valence-corrected chi connectivity index (χ2v) is 4.83. The molecular formula is C13H19N3. The number of aromatic nitrogens is 1. The molecule has 0 bridgehead atoms. The highest BCUT2D eigenvalue weighted by Gasteiger charge is 2.23. The predicted molar refractivity (Wildman–Crippen MR) is 65.8 cm³/mol. The number of nitrogens with one attached hydrogen (secondary N) is 1. The molecule has 1 N–H and O–H groups in total. The maximum Gasteiger partial charge on any atom is 0.131 e. The molecule has 3 heteroatoms. The molecule has 1 atom stereocenters. The average Bonchev–Trinajstić information content (AvgIpc) is 2.74. The molecule has 1 unspecified atom stereocenters. The Hall–Kier alpha value is -1.09. The molecule has 0 amide bonds. The summed E-state index contributed by atoms with van der Waals surface area (Å²) in [5.41, 5.74) is 1.42. The molecule has 16 heavy (non-hydrogen) atoms. The number of anilines is 1. The van der Waals surface area contributed by atoms with E-state index in [9.17, 15) is 0 Å². The van der Waals surface area contributed by atoms with Crippen LogP contribution in [0.25, 0.3) is 0 Å². The Morgan fingerprint density at radius 3 is 3.31 bits per heavy atom. The van der Waals surface area contributed by atoms with Crippen LogP contribution in [0.5, 0.6) is 0 Å². The lowest BCUT2D eigenvalue weighted by Gasteiger charge is -2.28. The molecule has 0 aliphatic carbocycles. The first kappa shape index (κ1) is 10.1. The van der Waals surface area contributed by atoms with Gasteiger partial charge in [-0.05, 0) is 37.4 Å². The van der Waals surface area contributed by atoms with Gasteiger partial charge in [-0.15, -0.1) is 0 Å². The molecule has 0 aromatic carbocycles. The number of rotatable bonds is 2. The first-order chi connectivity index (χ1) is 7.93. The average molecular weight is 217 g/mol. The van der Waals surface area contributed by atoms with E-state index in [-0.39, 0.29) is 0 Å². The minimum Gasteiger partial charge on any atom is -0.354 e. The van der Waals surface area contributed by atoms with E-state index in [1.807, 2.05) is 12.3 Å². The van der Waals surface area contributed by atoms with Crippen molar-refractivity contribution < 1.29 is 0 Å². The molecule has 3 rings (SSSR count). The van der Waals surface area contributed by atoms with E-state index in [2.05, 4.69) is 21.3 Å². The van der Waals surface area contributed by atoms with Crippen molar-refractivity contribution in [2.24, 2.45) is 0 Å². The Balaban J connectivity index is 1.68. The van der Waals surface area contributed by atoms with E-state index in [1.165, 1.54) is 37.2 Å². The Morgan fingerprint density at radius 2 is 2.44 bits per heavy atom. The van der Waals surface area contributed by atoms with Crippen LogP contribution < -0.4 is 10.2 Å². The zero-order valence-electron chi connectivity index (χ0n) is 9.65. The van der Waals surface area contributed by atoms with Gasteiger partial charge >= 0.3 is 0 Å². The molecule has 1 aromatic rings. The third-order valence-electron chi connectivity index (χ3n) is 3.67. The monoisotopic (exact) mass is 217 g/mol. The quantitative estimate of drug-likeness (QED) is 0.815. The van der Waals surface area contributed by atoms with Crippen LogP contribution in [0.2, 0.25) is 0 Å². The third kappa shape index (κ3) is 1.92. The van der Waals surface area contributed by atoms with E-state index >= 15 is 0 Å². The van der Waals surface area contributed by atoms with Crippen molar-refractivity contribution in [1.29, 1.82) is 0 Å². The Bertz CT molecular complexity index is 358. The molecule has 3 heterocycles. The number of hydrogen-bond donors (Lipinski definition) is 1. The van der Waals surface area contributed by atoms with Crippen molar-refractivity contribution in [2.75, 3.05) is 24.5 Å². The summed E-state index contributed by atoms with van der Waals surface area (Å²) in [6.07, 6.45) is 7.10. The predicted octanol–water partition coefficient (Wildman–Crippen LogP) is 1.59. The minimum atomic E-state index is 0.668. The van der Waals surface area contributed by atoms with Crippen LogP contribution in [0, 0.1) is 0 Å². The molecule has 1 saturated heterocycles. The zero-order valence-corrected chi connectivity index (χ0v) is 9.65. The zero-order chi connectivity index (χ0) is 10.8. The maximum atomic E-state index is 4.50. The summed E-state index contributed by atoms with van der Waals surface area (Å²) in [7, 11) is 0. The molecule has 2 aliphatic heterocycles. The lowest BCUT2D eigenvalue weighted by atomic mass is 10.0. The number of hydrogen-bond acceptors (Lipinski definition) is 3. The fourth-order valence-electron chi connectivity index (χ4n) is 2.80. The van der Waals surface area contributed by atoms with Crippen LogP contribution in [0.1, 0.15) is 24.8 Å². The molecule has 0 spiro atoms. The smallest absolute Gasteiger partial charge is 0.131 e. The lowest BCUT2D eigenvalue weighted by molar-refractivity contribution is 0.400. The summed E-state index contributed by atoms with van der Waals surface area (Å²) in [5.74, 6) is 1.22. The number of piperidine rings is 1. The molecule has 3 nitrogen and oxygen atoms in total. The molecule has 1 fully saturated rings. The normalized spacial score (nSPS) is 24.5. The van der Waals surface area contributed by atoms with Gasteiger partial charge in [0.25, 0.3) is 0 Å².